The van der Waals surface area contributed by atoms with Crippen LogP contribution in [-0.4, -0.2) is 23.6 Å². The van der Waals surface area contributed by atoms with Gasteiger partial charge in [0.15, 0.2) is 17.5 Å². The van der Waals surface area contributed by atoms with E-state index in [1.54, 1.807) is 0 Å². The molecule has 0 atom stereocenters. The minimum Gasteiger partial charge on any atom is -0.382 e. The molecule has 2 aromatic rings. The number of unbranched alkanes of at least 4 members (excludes halogenated alkanes) is 6. The summed E-state index contributed by atoms with van der Waals surface area (Å²) < 4.78 is 0. The molecule has 7 heteroatoms. The maximum atomic E-state index is 5.87. The van der Waals surface area contributed by atoms with Gasteiger partial charge in [0.05, 0.1) is 5.70 Å². The van der Waals surface area contributed by atoms with E-state index in [-0.39, 0.29) is 17.5 Å². The van der Waals surface area contributed by atoms with Gasteiger partial charge in [-0.2, -0.15) is 0 Å². The Balaban J connectivity index is 1.67. The second kappa shape index (κ2) is 12.7. The number of nitrogens with two attached hydrogens (primary N) is 3. The van der Waals surface area contributed by atoms with Crippen LogP contribution in [0.15, 0.2) is 30.8 Å². The SMILES string of the molecule is C=C(NCc1ccc(CCCCCCCCCNC)cc1)c1nc(N)c(N)nc1N. The molecular weight excluding hydrogens is 374 g/mol. The lowest BCUT2D eigenvalue weighted by atomic mass is 10.0. The summed E-state index contributed by atoms with van der Waals surface area (Å²) in [6, 6.07) is 8.69. The molecule has 0 spiro atoms. The van der Waals surface area contributed by atoms with Crippen LogP contribution >= 0.6 is 0 Å². The number of benzene rings is 1. The first-order valence-electron chi connectivity index (χ1n) is 10.8. The molecule has 0 aliphatic rings. The van der Waals surface area contributed by atoms with Crippen molar-refractivity contribution in [1.29, 1.82) is 0 Å². The van der Waals surface area contributed by atoms with E-state index in [0.29, 0.717) is 17.9 Å². The molecule has 0 fully saturated rings. The molecule has 1 aromatic carbocycles. The van der Waals surface area contributed by atoms with Crippen molar-refractivity contribution in [2.45, 2.75) is 57.9 Å². The molecule has 0 bridgehead atoms. The van der Waals surface area contributed by atoms with Crippen molar-refractivity contribution in [2.75, 3.05) is 30.8 Å². The Kier molecular flexibility index (Phi) is 9.94. The lowest BCUT2D eigenvalue weighted by molar-refractivity contribution is 0.570. The van der Waals surface area contributed by atoms with Crippen LogP contribution in [0.1, 0.15) is 61.8 Å². The molecule has 1 aromatic heterocycles. The summed E-state index contributed by atoms with van der Waals surface area (Å²) in [7, 11) is 2.02. The Labute approximate surface area is 180 Å². The largest absolute Gasteiger partial charge is 0.382 e. The predicted octanol–water partition coefficient (Wildman–Crippen LogP) is 3.48. The van der Waals surface area contributed by atoms with E-state index in [1.807, 2.05) is 7.05 Å². The molecule has 8 N–H and O–H groups in total. The van der Waals surface area contributed by atoms with Crippen molar-refractivity contribution < 1.29 is 0 Å². The van der Waals surface area contributed by atoms with Crippen molar-refractivity contribution in [3.05, 3.63) is 47.7 Å². The van der Waals surface area contributed by atoms with Crippen LogP contribution in [0.2, 0.25) is 0 Å². The topological polar surface area (TPSA) is 128 Å². The fourth-order valence-electron chi connectivity index (χ4n) is 3.33. The predicted molar refractivity (Wildman–Crippen MR) is 128 cm³/mol. The highest BCUT2D eigenvalue weighted by Gasteiger charge is 2.10. The highest BCUT2D eigenvalue weighted by atomic mass is 15.0. The molecular formula is C23H37N7. The van der Waals surface area contributed by atoms with E-state index in [1.165, 1.54) is 50.5 Å². The zero-order valence-corrected chi connectivity index (χ0v) is 18.2. The molecule has 0 radical (unpaired) electrons. The van der Waals surface area contributed by atoms with Gasteiger partial charge in [0.1, 0.15) is 5.69 Å². The molecule has 0 saturated heterocycles. The summed E-state index contributed by atoms with van der Waals surface area (Å²) in [5.74, 6) is 0.497. The van der Waals surface area contributed by atoms with Crippen molar-refractivity contribution in [3.8, 4) is 0 Å². The summed E-state index contributed by atoms with van der Waals surface area (Å²) in [5, 5.41) is 6.43. The minimum absolute atomic E-state index is 0.129. The molecule has 2 rings (SSSR count). The maximum absolute atomic E-state index is 5.87. The third kappa shape index (κ3) is 7.91. The van der Waals surface area contributed by atoms with Crippen LogP contribution in [-0.2, 0) is 13.0 Å². The Hall–Kier alpha value is -2.80. The highest BCUT2D eigenvalue weighted by molar-refractivity contribution is 5.71. The first-order valence-corrected chi connectivity index (χ1v) is 10.8. The van der Waals surface area contributed by atoms with E-state index in [9.17, 15) is 0 Å². The highest BCUT2D eigenvalue weighted by Crippen LogP contribution is 2.19. The van der Waals surface area contributed by atoms with Gasteiger partial charge in [-0.3, -0.25) is 0 Å². The summed E-state index contributed by atoms with van der Waals surface area (Å²) in [6.45, 7) is 5.74. The third-order valence-electron chi connectivity index (χ3n) is 5.19. The quantitative estimate of drug-likeness (QED) is 0.301. The average Bonchev–Trinajstić information content (AvgIpc) is 2.74. The third-order valence-corrected chi connectivity index (χ3v) is 5.19. The van der Waals surface area contributed by atoms with Crippen molar-refractivity contribution in [2.24, 2.45) is 0 Å². The van der Waals surface area contributed by atoms with Crippen molar-refractivity contribution in [1.82, 2.24) is 20.6 Å². The molecule has 0 aliphatic heterocycles. The van der Waals surface area contributed by atoms with E-state index < -0.39 is 0 Å². The van der Waals surface area contributed by atoms with Crippen molar-refractivity contribution in [3.63, 3.8) is 0 Å². The smallest absolute Gasteiger partial charge is 0.168 e. The molecule has 30 heavy (non-hydrogen) atoms. The number of nitrogens with zero attached hydrogens (tertiary/aromatic N) is 2. The maximum Gasteiger partial charge on any atom is 0.168 e. The van der Waals surface area contributed by atoms with Crippen LogP contribution in [0.3, 0.4) is 0 Å². The second-order valence-corrected chi connectivity index (χ2v) is 7.70. The molecule has 0 aliphatic carbocycles. The number of rotatable bonds is 14. The monoisotopic (exact) mass is 411 g/mol. The molecule has 1 heterocycles. The van der Waals surface area contributed by atoms with Crippen LogP contribution in [0.25, 0.3) is 5.70 Å². The standard InChI is InChI=1S/C23H37N7/c1-17(20-21(24)30-23(26)22(25)29-20)28-16-19-13-11-18(12-14-19)10-8-6-4-3-5-7-9-15-27-2/h11-14,27-28H,1,3-10,15-16H2,2H3,(H2,25,29)(H4,24,26,30). The van der Waals surface area contributed by atoms with E-state index in [2.05, 4.69) is 51.4 Å². The first-order chi connectivity index (χ1) is 14.5. The van der Waals surface area contributed by atoms with Gasteiger partial charge in [-0.05, 0) is 44.0 Å². The summed E-state index contributed by atoms with van der Waals surface area (Å²) in [5.41, 5.74) is 20.8. The van der Waals surface area contributed by atoms with Crippen LogP contribution < -0.4 is 27.8 Å². The van der Waals surface area contributed by atoms with E-state index in [4.69, 9.17) is 17.2 Å². The number of nitrogen functional groups attached to an aromatic ring is 3. The number of nitrogens with one attached hydrogen (secondary N) is 2. The van der Waals surface area contributed by atoms with Gasteiger partial charge in [-0.1, -0.05) is 62.9 Å². The molecule has 164 valence electrons. The van der Waals surface area contributed by atoms with Gasteiger partial charge < -0.3 is 27.8 Å². The summed E-state index contributed by atoms with van der Waals surface area (Å²) >= 11 is 0. The zero-order chi connectivity index (χ0) is 21.8. The van der Waals surface area contributed by atoms with Gasteiger partial charge in [0.25, 0.3) is 0 Å². The van der Waals surface area contributed by atoms with E-state index in [0.717, 1.165) is 18.5 Å². The molecule has 0 saturated carbocycles. The fourth-order valence-corrected chi connectivity index (χ4v) is 3.33. The van der Waals surface area contributed by atoms with Gasteiger partial charge in [-0.25, -0.2) is 9.97 Å². The Bertz CT molecular complexity index is 787. The lowest BCUT2D eigenvalue weighted by Crippen LogP contribution is -2.16. The summed E-state index contributed by atoms with van der Waals surface area (Å²) in [4.78, 5) is 8.16. The Morgan fingerprint density at radius 2 is 1.37 bits per heavy atom. The number of aromatic nitrogens is 2. The fraction of sp³-hybridized carbons (Fsp3) is 0.478. The van der Waals surface area contributed by atoms with Gasteiger partial charge in [-0.15, -0.1) is 0 Å². The normalized spacial score (nSPS) is 10.8. The van der Waals surface area contributed by atoms with Gasteiger partial charge in [0.2, 0.25) is 0 Å². The lowest BCUT2D eigenvalue weighted by Gasteiger charge is -2.12. The van der Waals surface area contributed by atoms with Crippen LogP contribution in [0.4, 0.5) is 17.5 Å². The number of hydrogen-bond donors (Lipinski definition) is 5. The first kappa shape index (κ1) is 23.5. The van der Waals surface area contributed by atoms with Crippen molar-refractivity contribution >= 4 is 23.2 Å². The number of anilines is 3. The van der Waals surface area contributed by atoms with Gasteiger partial charge >= 0.3 is 0 Å². The average molecular weight is 412 g/mol. The Morgan fingerprint density at radius 1 is 0.800 bits per heavy atom. The number of hydrogen-bond acceptors (Lipinski definition) is 7. The Morgan fingerprint density at radius 3 is 2.03 bits per heavy atom. The molecule has 0 unspecified atom stereocenters. The zero-order valence-electron chi connectivity index (χ0n) is 18.2. The minimum atomic E-state index is 0.129. The molecule has 0 amide bonds. The summed E-state index contributed by atoms with van der Waals surface area (Å²) in [6.07, 6.45) is 10.4. The number of aryl methyl sites for hydroxylation is 1. The molecule has 7 nitrogen and oxygen atoms in total. The second-order valence-electron chi connectivity index (χ2n) is 7.70. The van der Waals surface area contributed by atoms with E-state index >= 15 is 0 Å². The van der Waals surface area contributed by atoms with Gasteiger partial charge in [0, 0.05) is 6.54 Å². The van der Waals surface area contributed by atoms with Crippen LogP contribution in [0.5, 0.6) is 0 Å². The van der Waals surface area contributed by atoms with Crippen LogP contribution in [0, 0.1) is 0 Å².